The molecule has 4 aromatic carbocycles. The molecule has 1 saturated heterocycles. The van der Waals surface area contributed by atoms with Crippen LogP contribution in [-0.2, 0) is 5.41 Å². The molecule has 1 atom stereocenters. The highest BCUT2D eigenvalue weighted by atomic mass is 15.2. The van der Waals surface area contributed by atoms with Crippen LogP contribution in [0.4, 0.5) is 0 Å². The van der Waals surface area contributed by atoms with Gasteiger partial charge in [-0.05, 0) is 66.2 Å². The van der Waals surface area contributed by atoms with E-state index in [-0.39, 0.29) is 0 Å². The molecule has 4 aromatic rings. The summed E-state index contributed by atoms with van der Waals surface area (Å²) >= 11 is 0. The zero-order valence-corrected chi connectivity index (χ0v) is 19.7. The lowest BCUT2D eigenvalue weighted by atomic mass is 9.72. The highest BCUT2D eigenvalue weighted by Crippen LogP contribution is 2.38. The summed E-state index contributed by atoms with van der Waals surface area (Å²) < 4.78 is 0. The SMILES string of the molecule is N#CC(CCCN1CCCCC1c1cccc2ccccc12)(c1ccccc1)c1ccccc1. The lowest BCUT2D eigenvalue weighted by Gasteiger charge is -2.37. The average molecular weight is 445 g/mol. The van der Waals surface area contributed by atoms with Gasteiger partial charge in [0.15, 0.2) is 0 Å². The van der Waals surface area contributed by atoms with Crippen molar-refractivity contribution in [3.05, 3.63) is 120 Å². The van der Waals surface area contributed by atoms with Crippen LogP contribution in [0.25, 0.3) is 10.8 Å². The zero-order chi connectivity index (χ0) is 23.2. The van der Waals surface area contributed by atoms with Crippen molar-refractivity contribution >= 4 is 10.8 Å². The summed E-state index contributed by atoms with van der Waals surface area (Å²) in [5.41, 5.74) is 3.02. The molecule has 0 bridgehead atoms. The third kappa shape index (κ3) is 4.37. The molecule has 1 fully saturated rings. The molecule has 2 heteroatoms. The maximum Gasteiger partial charge on any atom is 0.107 e. The molecule has 0 spiro atoms. The molecule has 0 amide bonds. The Bertz CT molecular complexity index is 1210. The third-order valence-corrected chi connectivity index (χ3v) is 7.52. The van der Waals surface area contributed by atoms with Gasteiger partial charge in [-0.15, -0.1) is 0 Å². The smallest absolute Gasteiger partial charge is 0.107 e. The number of nitrogens with zero attached hydrogens (tertiary/aromatic N) is 2. The van der Waals surface area contributed by atoms with Gasteiger partial charge in [0.25, 0.3) is 0 Å². The van der Waals surface area contributed by atoms with Gasteiger partial charge < -0.3 is 0 Å². The Morgan fingerprint density at radius 2 is 1.41 bits per heavy atom. The fourth-order valence-electron chi connectivity index (χ4n) is 5.78. The van der Waals surface area contributed by atoms with Gasteiger partial charge in [0.1, 0.15) is 5.41 Å². The molecule has 0 saturated carbocycles. The second kappa shape index (κ2) is 10.2. The molecule has 1 unspecified atom stereocenters. The zero-order valence-electron chi connectivity index (χ0n) is 19.7. The summed E-state index contributed by atoms with van der Waals surface area (Å²) in [6.07, 6.45) is 5.53. The van der Waals surface area contributed by atoms with Gasteiger partial charge >= 0.3 is 0 Å². The molecule has 0 radical (unpaired) electrons. The minimum Gasteiger partial charge on any atom is -0.296 e. The van der Waals surface area contributed by atoms with Crippen molar-refractivity contribution in [3.8, 4) is 6.07 Å². The van der Waals surface area contributed by atoms with E-state index >= 15 is 0 Å². The number of hydrogen-bond acceptors (Lipinski definition) is 2. The van der Waals surface area contributed by atoms with Crippen LogP contribution < -0.4 is 0 Å². The summed E-state index contributed by atoms with van der Waals surface area (Å²) in [6, 6.07) is 39.4. The van der Waals surface area contributed by atoms with Crippen molar-refractivity contribution in [2.75, 3.05) is 13.1 Å². The van der Waals surface area contributed by atoms with E-state index in [9.17, 15) is 5.26 Å². The van der Waals surface area contributed by atoms with Crippen LogP contribution in [0.5, 0.6) is 0 Å². The van der Waals surface area contributed by atoms with E-state index in [0.717, 1.165) is 37.1 Å². The Balaban J connectivity index is 1.40. The highest BCUT2D eigenvalue weighted by molar-refractivity contribution is 5.86. The molecule has 34 heavy (non-hydrogen) atoms. The first-order chi connectivity index (χ1) is 16.8. The van der Waals surface area contributed by atoms with Crippen LogP contribution in [0.15, 0.2) is 103 Å². The topological polar surface area (TPSA) is 27.0 Å². The van der Waals surface area contributed by atoms with E-state index in [0.29, 0.717) is 6.04 Å². The van der Waals surface area contributed by atoms with Crippen LogP contribution in [0, 0.1) is 11.3 Å². The van der Waals surface area contributed by atoms with Crippen molar-refractivity contribution in [2.45, 2.75) is 43.6 Å². The molecule has 0 aromatic heterocycles. The Kier molecular flexibility index (Phi) is 6.74. The first-order valence-electron chi connectivity index (χ1n) is 12.6. The van der Waals surface area contributed by atoms with Crippen LogP contribution in [-0.4, -0.2) is 18.0 Å². The molecule has 2 nitrogen and oxygen atoms in total. The first kappa shape index (κ1) is 22.4. The molecule has 1 aliphatic rings. The monoisotopic (exact) mass is 444 g/mol. The second-order valence-corrected chi connectivity index (χ2v) is 9.47. The lowest BCUT2D eigenvalue weighted by molar-refractivity contribution is 0.145. The fraction of sp³-hybridized carbons (Fsp3) is 0.281. The number of hydrogen-bond donors (Lipinski definition) is 0. The summed E-state index contributed by atoms with van der Waals surface area (Å²) in [5.74, 6) is 0. The summed E-state index contributed by atoms with van der Waals surface area (Å²) in [4.78, 5) is 2.67. The van der Waals surface area contributed by atoms with Gasteiger partial charge in [0.05, 0.1) is 6.07 Å². The van der Waals surface area contributed by atoms with Crippen LogP contribution in [0.1, 0.15) is 54.8 Å². The number of piperidine rings is 1. The predicted octanol–water partition coefficient (Wildman–Crippen LogP) is 7.66. The van der Waals surface area contributed by atoms with E-state index in [4.69, 9.17) is 0 Å². The molecular weight excluding hydrogens is 412 g/mol. The molecular formula is C32H32N2. The lowest BCUT2D eigenvalue weighted by Crippen LogP contribution is -2.35. The van der Waals surface area contributed by atoms with Gasteiger partial charge in [0.2, 0.25) is 0 Å². The van der Waals surface area contributed by atoms with E-state index in [1.165, 1.54) is 35.6 Å². The number of benzene rings is 4. The molecule has 1 aliphatic heterocycles. The minimum atomic E-state index is -0.618. The van der Waals surface area contributed by atoms with Crippen molar-refractivity contribution in [3.63, 3.8) is 0 Å². The molecule has 0 aliphatic carbocycles. The first-order valence-corrected chi connectivity index (χ1v) is 12.6. The quantitative estimate of drug-likeness (QED) is 0.293. The Morgan fingerprint density at radius 1 is 0.765 bits per heavy atom. The van der Waals surface area contributed by atoms with E-state index < -0.39 is 5.41 Å². The predicted molar refractivity (Wildman–Crippen MR) is 141 cm³/mol. The van der Waals surface area contributed by atoms with E-state index in [2.05, 4.69) is 77.7 Å². The Morgan fingerprint density at radius 3 is 2.12 bits per heavy atom. The normalized spacial score (nSPS) is 16.9. The third-order valence-electron chi connectivity index (χ3n) is 7.52. The number of fused-ring (bicyclic) bond motifs is 1. The maximum atomic E-state index is 10.5. The van der Waals surface area contributed by atoms with Crippen LogP contribution in [0.3, 0.4) is 0 Å². The standard InChI is InChI=1S/C32H32N2/c33-25-32(27-15-3-1-4-16-27,28-17-5-2-6-18-28)22-12-24-34-23-10-9-21-31(34)30-20-11-14-26-13-7-8-19-29(26)30/h1-8,11,13-20,31H,9-10,12,21-24H2. The molecule has 5 rings (SSSR count). The van der Waals surface area contributed by atoms with E-state index in [1.54, 1.807) is 0 Å². The van der Waals surface area contributed by atoms with E-state index in [1.807, 2.05) is 36.4 Å². The Labute approximate surface area is 203 Å². The minimum absolute atomic E-state index is 0.449. The van der Waals surface area contributed by atoms with Gasteiger partial charge in [-0.3, -0.25) is 4.90 Å². The van der Waals surface area contributed by atoms with Crippen molar-refractivity contribution in [1.82, 2.24) is 4.90 Å². The maximum absolute atomic E-state index is 10.5. The average Bonchev–Trinajstić information content (AvgIpc) is 2.92. The van der Waals surface area contributed by atoms with Crippen molar-refractivity contribution in [1.29, 1.82) is 5.26 Å². The highest BCUT2D eigenvalue weighted by Gasteiger charge is 2.34. The summed E-state index contributed by atoms with van der Waals surface area (Å²) in [5, 5.41) is 13.2. The fourth-order valence-corrected chi connectivity index (χ4v) is 5.78. The summed E-state index contributed by atoms with van der Waals surface area (Å²) in [6.45, 7) is 2.14. The largest absolute Gasteiger partial charge is 0.296 e. The Hall–Kier alpha value is -3.41. The number of rotatable bonds is 7. The number of nitriles is 1. The molecule has 0 N–H and O–H groups in total. The van der Waals surface area contributed by atoms with Crippen molar-refractivity contribution in [2.24, 2.45) is 0 Å². The van der Waals surface area contributed by atoms with Gasteiger partial charge in [-0.25, -0.2) is 0 Å². The number of likely N-dealkylation sites (tertiary alicyclic amines) is 1. The summed E-state index contributed by atoms with van der Waals surface area (Å²) in [7, 11) is 0. The van der Waals surface area contributed by atoms with Gasteiger partial charge in [-0.1, -0.05) is 110 Å². The molecule has 170 valence electrons. The van der Waals surface area contributed by atoms with Gasteiger partial charge in [0, 0.05) is 6.04 Å². The van der Waals surface area contributed by atoms with Crippen molar-refractivity contribution < 1.29 is 0 Å². The van der Waals surface area contributed by atoms with Crippen LogP contribution in [0.2, 0.25) is 0 Å². The second-order valence-electron chi connectivity index (χ2n) is 9.47. The van der Waals surface area contributed by atoms with Crippen LogP contribution >= 0.6 is 0 Å². The van der Waals surface area contributed by atoms with Gasteiger partial charge in [-0.2, -0.15) is 5.26 Å². The molecule has 1 heterocycles.